The minimum Gasteiger partial charge on any atom is -0.309 e. The molecule has 11 aromatic carbocycles. The average Bonchev–Trinajstić information content (AvgIpc) is 3.86. The van der Waals surface area contributed by atoms with Crippen LogP contribution in [0, 0.1) is 0 Å². The Morgan fingerprint density at radius 2 is 0.677 bits per heavy atom. The van der Waals surface area contributed by atoms with Gasteiger partial charge in [-0.1, -0.05) is 159 Å². The highest BCUT2D eigenvalue weighted by Crippen LogP contribution is 2.48. The predicted molar refractivity (Wildman–Crippen MR) is 267 cm³/mol. The molecule has 0 N–H and O–H groups in total. The molecule has 0 saturated carbocycles. The zero-order valence-electron chi connectivity index (χ0n) is 33.9. The van der Waals surface area contributed by atoms with Crippen molar-refractivity contribution in [1.29, 1.82) is 0 Å². The Morgan fingerprint density at radius 1 is 0.274 bits per heavy atom. The Labute approximate surface area is 358 Å². The molecule has 0 aliphatic heterocycles. The van der Waals surface area contributed by atoms with Crippen LogP contribution in [0.2, 0.25) is 0 Å². The van der Waals surface area contributed by atoms with E-state index < -0.39 is 0 Å². The summed E-state index contributed by atoms with van der Waals surface area (Å²) in [5.41, 5.74) is 14.2. The number of para-hydroxylation sites is 2. The van der Waals surface area contributed by atoms with Crippen LogP contribution in [-0.4, -0.2) is 9.13 Å². The summed E-state index contributed by atoms with van der Waals surface area (Å²) in [6.07, 6.45) is 3.89. The molecule has 2 aromatic heterocycles. The molecule has 0 unspecified atom stereocenters. The molecular formula is C60H38N2. The summed E-state index contributed by atoms with van der Waals surface area (Å²) in [5.74, 6) is 0. The van der Waals surface area contributed by atoms with E-state index in [2.05, 4.69) is 216 Å². The fraction of sp³-hybridized carbons (Fsp3) is 0. The molecule has 2 heteroatoms. The van der Waals surface area contributed by atoms with Gasteiger partial charge in [-0.3, -0.25) is 0 Å². The van der Waals surface area contributed by atoms with E-state index in [4.69, 9.17) is 0 Å². The first-order valence-electron chi connectivity index (χ1n) is 21.3. The topological polar surface area (TPSA) is 9.86 Å². The van der Waals surface area contributed by atoms with Gasteiger partial charge in [-0.2, -0.15) is 0 Å². The van der Waals surface area contributed by atoms with Crippen LogP contribution in [0.5, 0.6) is 0 Å². The van der Waals surface area contributed by atoms with E-state index in [9.17, 15) is 0 Å². The normalized spacial score (nSPS) is 12.0. The molecule has 0 amide bonds. The van der Waals surface area contributed by atoms with E-state index in [1.165, 1.54) is 109 Å². The van der Waals surface area contributed by atoms with Crippen LogP contribution in [0.1, 0.15) is 11.1 Å². The van der Waals surface area contributed by atoms with E-state index in [0.29, 0.717) is 0 Å². The fourth-order valence-electron chi connectivity index (χ4n) is 10.8. The lowest BCUT2D eigenvalue weighted by atomic mass is 9.84. The standard InChI is InChI=1S/C60H38N2/c1-3-37-27-33-53-51(35-37)59-45(23-13-25-55(59)61(53)39-15-7-5-8-16-39)41-29-31-49-50-32-30-42(44-20-12-22-48(58(44)50)47-21-11-19-43(41)57(47)49)46-24-14-26-56-60(46)52-36-38(4-2)28-34-54(52)62(56)40-17-9-6-10-18-40/h3-36H,1-2H2. The molecule has 0 aliphatic carbocycles. The first kappa shape index (κ1) is 34.6. The van der Waals surface area contributed by atoms with Gasteiger partial charge in [0.05, 0.1) is 22.1 Å². The molecule has 288 valence electrons. The van der Waals surface area contributed by atoms with Crippen molar-refractivity contribution < 1.29 is 0 Å². The average molecular weight is 787 g/mol. The van der Waals surface area contributed by atoms with Gasteiger partial charge in [-0.05, 0) is 137 Å². The van der Waals surface area contributed by atoms with Crippen molar-refractivity contribution in [3.05, 3.63) is 218 Å². The first-order valence-corrected chi connectivity index (χ1v) is 21.3. The minimum absolute atomic E-state index is 1.11. The number of hydrogen-bond donors (Lipinski definition) is 0. The molecular weight excluding hydrogens is 749 g/mol. The quantitative estimate of drug-likeness (QED) is 0.117. The van der Waals surface area contributed by atoms with Gasteiger partial charge in [-0.25, -0.2) is 0 Å². The van der Waals surface area contributed by atoms with Crippen molar-refractivity contribution in [3.63, 3.8) is 0 Å². The Bertz CT molecular complexity index is 3710. The molecule has 2 nitrogen and oxygen atoms in total. The Kier molecular flexibility index (Phi) is 7.35. The molecule has 0 bridgehead atoms. The maximum absolute atomic E-state index is 4.13. The van der Waals surface area contributed by atoms with Gasteiger partial charge in [0.2, 0.25) is 0 Å². The largest absolute Gasteiger partial charge is 0.309 e. The summed E-state index contributed by atoms with van der Waals surface area (Å²) >= 11 is 0. The molecule has 0 spiro atoms. The number of hydrogen-bond acceptors (Lipinski definition) is 0. The lowest BCUT2D eigenvalue weighted by molar-refractivity contribution is 1.18. The first-order chi connectivity index (χ1) is 30.7. The summed E-state index contributed by atoms with van der Waals surface area (Å²) in [6, 6.07) is 71.7. The second-order valence-corrected chi connectivity index (χ2v) is 16.5. The van der Waals surface area contributed by atoms with Crippen LogP contribution in [0.3, 0.4) is 0 Å². The van der Waals surface area contributed by atoms with Crippen molar-refractivity contribution in [2.75, 3.05) is 0 Å². The third-order valence-corrected chi connectivity index (χ3v) is 13.4. The molecule has 0 fully saturated rings. The third-order valence-electron chi connectivity index (χ3n) is 13.4. The molecule has 0 aliphatic rings. The van der Waals surface area contributed by atoms with Crippen molar-refractivity contribution >= 4 is 98.9 Å². The summed E-state index contributed by atoms with van der Waals surface area (Å²) in [6.45, 7) is 8.26. The summed E-state index contributed by atoms with van der Waals surface area (Å²) in [5, 5.41) is 15.2. The van der Waals surface area contributed by atoms with Gasteiger partial charge in [-0.15, -0.1) is 0 Å². The van der Waals surface area contributed by atoms with Crippen molar-refractivity contribution in [2.45, 2.75) is 0 Å². The van der Waals surface area contributed by atoms with Crippen molar-refractivity contribution in [3.8, 4) is 33.6 Å². The highest BCUT2D eigenvalue weighted by atomic mass is 15.0. The fourth-order valence-corrected chi connectivity index (χ4v) is 10.8. The molecule has 0 atom stereocenters. The molecule has 13 aromatic rings. The van der Waals surface area contributed by atoms with Crippen molar-refractivity contribution in [2.24, 2.45) is 0 Å². The zero-order valence-corrected chi connectivity index (χ0v) is 33.9. The van der Waals surface area contributed by atoms with Gasteiger partial charge in [0, 0.05) is 32.9 Å². The number of nitrogens with zero attached hydrogens (tertiary/aromatic N) is 2. The predicted octanol–water partition coefficient (Wildman–Crippen LogP) is 16.6. The second kappa shape index (κ2) is 13.1. The van der Waals surface area contributed by atoms with Crippen LogP contribution < -0.4 is 0 Å². The molecule has 0 radical (unpaired) electrons. The third kappa shape index (κ3) is 4.75. The summed E-state index contributed by atoms with van der Waals surface area (Å²) in [7, 11) is 0. The summed E-state index contributed by atoms with van der Waals surface area (Å²) < 4.78 is 4.80. The Balaban J connectivity index is 1.08. The van der Waals surface area contributed by atoms with E-state index in [1.807, 2.05) is 12.2 Å². The number of aromatic nitrogens is 2. The number of fused-ring (bicyclic) bond motifs is 8. The highest BCUT2D eigenvalue weighted by Gasteiger charge is 2.22. The van der Waals surface area contributed by atoms with Gasteiger partial charge in [0.1, 0.15) is 0 Å². The lowest BCUT2D eigenvalue weighted by Gasteiger charge is -2.19. The van der Waals surface area contributed by atoms with Gasteiger partial charge in [0.25, 0.3) is 0 Å². The zero-order chi connectivity index (χ0) is 41.1. The monoisotopic (exact) mass is 786 g/mol. The molecule has 13 rings (SSSR count). The number of benzene rings is 11. The van der Waals surface area contributed by atoms with Crippen LogP contribution in [-0.2, 0) is 0 Å². The van der Waals surface area contributed by atoms with Crippen LogP contribution in [0.25, 0.3) is 132 Å². The molecule has 2 heterocycles. The summed E-state index contributed by atoms with van der Waals surface area (Å²) in [4.78, 5) is 0. The van der Waals surface area contributed by atoms with Crippen LogP contribution in [0.4, 0.5) is 0 Å². The van der Waals surface area contributed by atoms with E-state index in [1.54, 1.807) is 0 Å². The highest BCUT2D eigenvalue weighted by molar-refractivity contribution is 6.36. The lowest BCUT2D eigenvalue weighted by Crippen LogP contribution is -1.93. The maximum Gasteiger partial charge on any atom is 0.0547 e. The SMILES string of the molecule is C=Cc1ccc2c(c1)c1c(-c3ccc4c5ccc(-c6cccc7c6c6cc(C=C)ccc6n7-c6ccccc6)c6cccc(c7cccc3c74)c65)cccc1n2-c1ccccc1. The Hall–Kier alpha value is -8.20. The molecule has 0 saturated heterocycles. The van der Waals surface area contributed by atoms with Gasteiger partial charge >= 0.3 is 0 Å². The van der Waals surface area contributed by atoms with E-state index in [0.717, 1.165) is 22.5 Å². The van der Waals surface area contributed by atoms with Gasteiger partial charge in [0.15, 0.2) is 0 Å². The minimum atomic E-state index is 1.11. The number of rotatable bonds is 6. The maximum atomic E-state index is 4.13. The van der Waals surface area contributed by atoms with E-state index >= 15 is 0 Å². The van der Waals surface area contributed by atoms with Gasteiger partial charge < -0.3 is 9.13 Å². The Morgan fingerprint density at radius 3 is 1.11 bits per heavy atom. The van der Waals surface area contributed by atoms with Crippen LogP contribution in [0.15, 0.2) is 207 Å². The second-order valence-electron chi connectivity index (χ2n) is 16.5. The molecule has 62 heavy (non-hydrogen) atoms. The van der Waals surface area contributed by atoms with Crippen molar-refractivity contribution in [1.82, 2.24) is 9.13 Å². The van der Waals surface area contributed by atoms with E-state index in [-0.39, 0.29) is 0 Å². The smallest absolute Gasteiger partial charge is 0.0547 e. The van der Waals surface area contributed by atoms with Crippen LogP contribution >= 0.6 is 0 Å².